The Morgan fingerprint density at radius 1 is 1.33 bits per heavy atom. The van der Waals surface area contributed by atoms with Crippen molar-refractivity contribution in [2.24, 2.45) is 12.9 Å². The zero-order valence-corrected chi connectivity index (χ0v) is 11.0. The number of hydrogen-bond donors (Lipinski definition) is 2. The van der Waals surface area contributed by atoms with Crippen molar-refractivity contribution in [3.8, 4) is 0 Å². The van der Waals surface area contributed by atoms with E-state index in [2.05, 4.69) is 21.6 Å². The number of rotatable bonds is 4. The van der Waals surface area contributed by atoms with E-state index in [0.717, 1.165) is 29.2 Å². The molecule has 0 radical (unpaired) electrons. The SMILES string of the molecule is Cc1cccc(C(Cc2cc(C)nn2C)NN)n1. The lowest BCUT2D eigenvalue weighted by Gasteiger charge is -2.15. The number of nitrogens with zero attached hydrogens (tertiary/aromatic N) is 3. The van der Waals surface area contributed by atoms with Gasteiger partial charge in [-0.15, -0.1) is 0 Å². The molecule has 2 heterocycles. The second-order valence-corrected chi connectivity index (χ2v) is 4.53. The maximum absolute atomic E-state index is 5.64. The minimum atomic E-state index is -0.000278. The smallest absolute Gasteiger partial charge is 0.0687 e. The molecule has 1 atom stereocenters. The Kier molecular flexibility index (Phi) is 3.74. The first-order valence-electron chi connectivity index (χ1n) is 5.99. The standard InChI is InChI=1S/C13H19N5/c1-9-5-4-6-12(15-9)13(16-14)8-11-7-10(2)17-18(11)3/h4-7,13,16H,8,14H2,1-3H3. The lowest BCUT2D eigenvalue weighted by atomic mass is 10.1. The third-order valence-corrected chi connectivity index (χ3v) is 2.98. The van der Waals surface area contributed by atoms with Crippen LogP contribution in [0.15, 0.2) is 24.3 Å². The molecule has 3 N–H and O–H groups in total. The van der Waals surface area contributed by atoms with Crippen LogP contribution in [0.4, 0.5) is 0 Å². The van der Waals surface area contributed by atoms with Crippen molar-refractivity contribution in [2.45, 2.75) is 26.3 Å². The van der Waals surface area contributed by atoms with Gasteiger partial charge < -0.3 is 0 Å². The summed E-state index contributed by atoms with van der Waals surface area (Å²) in [6.07, 6.45) is 0.768. The fourth-order valence-electron chi connectivity index (χ4n) is 2.07. The Labute approximate surface area is 107 Å². The van der Waals surface area contributed by atoms with Gasteiger partial charge in [-0.3, -0.25) is 20.9 Å². The normalized spacial score (nSPS) is 12.7. The van der Waals surface area contributed by atoms with E-state index in [4.69, 9.17) is 5.84 Å². The molecule has 0 aliphatic carbocycles. The van der Waals surface area contributed by atoms with Crippen LogP contribution in [0.2, 0.25) is 0 Å². The Bertz CT molecular complexity index is 532. The first-order chi connectivity index (χ1) is 8.60. The number of hydrogen-bond acceptors (Lipinski definition) is 4. The molecule has 5 nitrogen and oxygen atoms in total. The summed E-state index contributed by atoms with van der Waals surface area (Å²) >= 11 is 0. The topological polar surface area (TPSA) is 68.8 Å². The van der Waals surface area contributed by atoms with Gasteiger partial charge in [-0.1, -0.05) is 6.07 Å². The van der Waals surface area contributed by atoms with Crippen molar-refractivity contribution in [3.05, 3.63) is 47.0 Å². The van der Waals surface area contributed by atoms with Gasteiger partial charge in [0.05, 0.1) is 17.4 Å². The molecule has 18 heavy (non-hydrogen) atoms. The number of nitrogens with two attached hydrogens (primary N) is 1. The largest absolute Gasteiger partial charge is 0.272 e. The van der Waals surface area contributed by atoms with Crippen molar-refractivity contribution in [1.29, 1.82) is 0 Å². The summed E-state index contributed by atoms with van der Waals surface area (Å²) in [5.41, 5.74) is 6.93. The Balaban J connectivity index is 2.22. The van der Waals surface area contributed by atoms with Crippen LogP contribution in [0, 0.1) is 13.8 Å². The molecule has 0 aliphatic rings. The first-order valence-corrected chi connectivity index (χ1v) is 5.99. The van der Waals surface area contributed by atoms with Crippen LogP contribution in [0.1, 0.15) is 28.8 Å². The lowest BCUT2D eigenvalue weighted by molar-refractivity contribution is 0.517. The lowest BCUT2D eigenvalue weighted by Crippen LogP contribution is -2.30. The van der Waals surface area contributed by atoms with Crippen molar-refractivity contribution < 1.29 is 0 Å². The van der Waals surface area contributed by atoms with Gasteiger partial charge in [0, 0.05) is 24.9 Å². The monoisotopic (exact) mass is 245 g/mol. The number of aromatic nitrogens is 3. The third-order valence-electron chi connectivity index (χ3n) is 2.98. The molecule has 0 aromatic carbocycles. The van der Waals surface area contributed by atoms with E-state index in [1.54, 1.807) is 0 Å². The van der Waals surface area contributed by atoms with E-state index in [-0.39, 0.29) is 6.04 Å². The van der Waals surface area contributed by atoms with Crippen LogP contribution in [0.5, 0.6) is 0 Å². The van der Waals surface area contributed by atoms with Gasteiger partial charge in [0.15, 0.2) is 0 Å². The summed E-state index contributed by atoms with van der Waals surface area (Å²) in [6.45, 7) is 3.96. The summed E-state index contributed by atoms with van der Waals surface area (Å²) in [5.74, 6) is 5.64. The summed E-state index contributed by atoms with van der Waals surface area (Å²) in [7, 11) is 1.94. The molecule has 2 aromatic heterocycles. The molecule has 0 fully saturated rings. The van der Waals surface area contributed by atoms with Crippen LogP contribution >= 0.6 is 0 Å². The van der Waals surface area contributed by atoms with E-state index in [1.807, 2.05) is 43.8 Å². The second kappa shape index (κ2) is 5.29. The minimum Gasteiger partial charge on any atom is -0.272 e. The summed E-state index contributed by atoms with van der Waals surface area (Å²) < 4.78 is 1.88. The van der Waals surface area contributed by atoms with E-state index < -0.39 is 0 Å². The van der Waals surface area contributed by atoms with Gasteiger partial charge in [0.1, 0.15) is 0 Å². The maximum atomic E-state index is 5.64. The van der Waals surface area contributed by atoms with E-state index >= 15 is 0 Å². The number of aryl methyl sites for hydroxylation is 3. The van der Waals surface area contributed by atoms with Gasteiger partial charge in [0.25, 0.3) is 0 Å². The molecule has 0 saturated heterocycles. The predicted molar refractivity (Wildman–Crippen MR) is 70.7 cm³/mol. The van der Waals surface area contributed by atoms with E-state index in [0.29, 0.717) is 0 Å². The molecule has 0 amide bonds. The van der Waals surface area contributed by atoms with Gasteiger partial charge in [0.2, 0.25) is 0 Å². The van der Waals surface area contributed by atoms with Crippen LogP contribution in [-0.4, -0.2) is 14.8 Å². The van der Waals surface area contributed by atoms with Crippen LogP contribution in [0.3, 0.4) is 0 Å². The van der Waals surface area contributed by atoms with Crippen molar-refractivity contribution in [1.82, 2.24) is 20.2 Å². The van der Waals surface area contributed by atoms with Gasteiger partial charge in [-0.2, -0.15) is 5.10 Å². The number of hydrazine groups is 1. The molecule has 0 saturated carbocycles. The average molecular weight is 245 g/mol. The molecular weight excluding hydrogens is 226 g/mol. The van der Waals surface area contributed by atoms with Crippen molar-refractivity contribution in [2.75, 3.05) is 0 Å². The highest BCUT2D eigenvalue weighted by Gasteiger charge is 2.14. The minimum absolute atomic E-state index is 0.000278. The molecule has 2 aromatic rings. The Morgan fingerprint density at radius 3 is 2.67 bits per heavy atom. The quantitative estimate of drug-likeness (QED) is 0.627. The molecule has 0 aliphatic heterocycles. The number of nitrogens with one attached hydrogen (secondary N) is 1. The van der Waals surface area contributed by atoms with E-state index in [9.17, 15) is 0 Å². The average Bonchev–Trinajstić information content (AvgIpc) is 2.64. The molecule has 5 heteroatoms. The molecule has 1 unspecified atom stereocenters. The second-order valence-electron chi connectivity index (χ2n) is 4.53. The highest BCUT2D eigenvalue weighted by atomic mass is 15.3. The molecule has 96 valence electrons. The van der Waals surface area contributed by atoms with Crippen molar-refractivity contribution in [3.63, 3.8) is 0 Å². The Hall–Kier alpha value is -1.72. The molecular formula is C13H19N5. The predicted octanol–water partition coefficient (Wildman–Crippen LogP) is 1.18. The van der Waals surface area contributed by atoms with Gasteiger partial charge >= 0.3 is 0 Å². The highest BCUT2D eigenvalue weighted by molar-refractivity contribution is 5.17. The fraction of sp³-hybridized carbons (Fsp3) is 0.385. The van der Waals surface area contributed by atoms with Gasteiger partial charge in [-0.05, 0) is 32.0 Å². The summed E-state index contributed by atoms with van der Waals surface area (Å²) in [5, 5.41) is 4.34. The molecule has 0 bridgehead atoms. The molecule has 0 spiro atoms. The molecule has 2 rings (SSSR count). The number of pyridine rings is 1. The van der Waals surface area contributed by atoms with E-state index in [1.165, 1.54) is 0 Å². The fourth-order valence-corrected chi connectivity index (χ4v) is 2.07. The Morgan fingerprint density at radius 2 is 2.11 bits per heavy atom. The van der Waals surface area contributed by atoms with Crippen molar-refractivity contribution >= 4 is 0 Å². The summed E-state index contributed by atoms with van der Waals surface area (Å²) in [4.78, 5) is 4.50. The zero-order chi connectivity index (χ0) is 13.1. The highest BCUT2D eigenvalue weighted by Crippen LogP contribution is 2.16. The zero-order valence-electron chi connectivity index (χ0n) is 11.0. The van der Waals surface area contributed by atoms with Crippen LogP contribution in [-0.2, 0) is 13.5 Å². The third kappa shape index (κ3) is 2.75. The first kappa shape index (κ1) is 12.7. The van der Waals surface area contributed by atoms with Gasteiger partial charge in [-0.25, -0.2) is 0 Å². The van der Waals surface area contributed by atoms with Crippen LogP contribution < -0.4 is 11.3 Å². The summed E-state index contributed by atoms with van der Waals surface area (Å²) in [6, 6.07) is 8.03. The maximum Gasteiger partial charge on any atom is 0.0687 e. The van der Waals surface area contributed by atoms with Crippen LogP contribution in [0.25, 0.3) is 0 Å².